The van der Waals surface area contributed by atoms with Crippen LogP contribution in [0.1, 0.15) is 38.3 Å². The van der Waals surface area contributed by atoms with Crippen LogP contribution in [-0.4, -0.2) is 32.8 Å². The zero-order valence-corrected chi connectivity index (χ0v) is 12.7. The molecule has 1 aromatic heterocycles. The lowest BCUT2D eigenvalue weighted by Gasteiger charge is -2.37. The SMILES string of the molecule is CCn1nc(CN2C3CCC2CC(N)C3)c2ccccc21. The van der Waals surface area contributed by atoms with Crippen molar-refractivity contribution < 1.29 is 0 Å². The minimum atomic E-state index is 0.406. The third kappa shape index (κ3) is 2.17. The van der Waals surface area contributed by atoms with Crippen molar-refractivity contribution in [2.75, 3.05) is 0 Å². The molecule has 1 aromatic carbocycles. The summed E-state index contributed by atoms with van der Waals surface area (Å²) < 4.78 is 2.13. The highest BCUT2D eigenvalue weighted by Crippen LogP contribution is 2.36. The minimum Gasteiger partial charge on any atom is -0.328 e. The molecule has 0 aliphatic carbocycles. The van der Waals surface area contributed by atoms with Crippen LogP contribution in [0.25, 0.3) is 10.9 Å². The molecule has 2 unspecified atom stereocenters. The predicted octanol–water partition coefficient (Wildman–Crippen LogP) is 2.51. The number of fused-ring (bicyclic) bond motifs is 3. The Morgan fingerprint density at radius 2 is 1.90 bits per heavy atom. The van der Waals surface area contributed by atoms with Gasteiger partial charge in [0.05, 0.1) is 11.2 Å². The molecule has 112 valence electrons. The maximum absolute atomic E-state index is 6.18. The second-order valence-corrected chi connectivity index (χ2v) is 6.57. The van der Waals surface area contributed by atoms with Gasteiger partial charge in [0.25, 0.3) is 0 Å². The van der Waals surface area contributed by atoms with Gasteiger partial charge in [0.2, 0.25) is 0 Å². The second-order valence-electron chi connectivity index (χ2n) is 6.57. The number of para-hydroxylation sites is 1. The molecule has 2 saturated heterocycles. The molecule has 0 amide bonds. The second kappa shape index (κ2) is 5.11. The van der Waals surface area contributed by atoms with Crippen molar-refractivity contribution in [3.05, 3.63) is 30.0 Å². The number of nitrogens with two attached hydrogens (primary N) is 1. The van der Waals surface area contributed by atoms with Crippen molar-refractivity contribution in [2.24, 2.45) is 5.73 Å². The van der Waals surface area contributed by atoms with Gasteiger partial charge in [-0.15, -0.1) is 0 Å². The van der Waals surface area contributed by atoms with Crippen molar-refractivity contribution in [1.82, 2.24) is 14.7 Å². The number of benzene rings is 1. The number of hydrogen-bond acceptors (Lipinski definition) is 3. The fraction of sp³-hybridized carbons (Fsp3) is 0.588. The highest BCUT2D eigenvalue weighted by molar-refractivity contribution is 5.81. The van der Waals surface area contributed by atoms with Crippen LogP contribution >= 0.6 is 0 Å². The van der Waals surface area contributed by atoms with Crippen LogP contribution in [0, 0.1) is 0 Å². The highest BCUT2D eigenvalue weighted by atomic mass is 15.3. The van der Waals surface area contributed by atoms with E-state index >= 15 is 0 Å². The number of piperidine rings is 1. The first kappa shape index (κ1) is 13.3. The maximum atomic E-state index is 6.18. The van der Waals surface area contributed by atoms with E-state index in [0.29, 0.717) is 18.1 Å². The fourth-order valence-corrected chi connectivity index (χ4v) is 4.30. The summed E-state index contributed by atoms with van der Waals surface area (Å²) >= 11 is 0. The highest BCUT2D eigenvalue weighted by Gasteiger charge is 2.39. The number of hydrogen-bond donors (Lipinski definition) is 1. The van der Waals surface area contributed by atoms with Crippen molar-refractivity contribution >= 4 is 10.9 Å². The first-order valence-corrected chi connectivity index (χ1v) is 8.22. The molecular formula is C17H24N4. The lowest BCUT2D eigenvalue weighted by atomic mass is 9.98. The van der Waals surface area contributed by atoms with Gasteiger partial charge < -0.3 is 5.73 Å². The van der Waals surface area contributed by atoms with Crippen LogP contribution in [0.15, 0.2) is 24.3 Å². The molecule has 3 heterocycles. The zero-order valence-electron chi connectivity index (χ0n) is 12.7. The maximum Gasteiger partial charge on any atom is 0.0843 e. The summed E-state index contributed by atoms with van der Waals surface area (Å²) in [5.74, 6) is 0. The lowest BCUT2D eigenvalue weighted by molar-refractivity contribution is 0.118. The Bertz CT molecular complexity index is 633. The zero-order chi connectivity index (χ0) is 14.4. The van der Waals surface area contributed by atoms with Gasteiger partial charge in [-0.05, 0) is 38.7 Å². The smallest absolute Gasteiger partial charge is 0.0843 e. The Hall–Kier alpha value is -1.39. The first-order valence-electron chi connectivity index (χ1n) is 8.22. The Morgan fingerprint density at radius 3 is 2.62 bits per heavy atom. The monoisotopic (exact) mass is 284 g/mol. The van der Waals surface area contributed by atoms with E-state index in [2.05, 4.69) is 40.8 Å². The molecule has 2 aliphatic heterocycles. The molecule has 0 radical (unpaired) electrons. The minimum absolute atomic E-state index is 0.406. The fourth-order valence-electron chi connectivity index (χ4n) is 4.30. The van der Waals surface area contributed by atoms with Gasteiger partial charge in [0.1, 0.15) is 0 Å². The van der Waals surface area contributed by atoms with E-state index in [-0.39, 0.29) is 0 Å². The molecule has 2 fully saturated rings. The number of aryl methyl sites for hydroxylation is 1. The van der Waals surface area contributed by atoms with Crippen LogP contribution in [0.3, 0.4) is 0 Å². The molecule has 2 bridgehead atoms. The van der Waals surface area contributed by atoms with Gasteiger partial charge in [-0.3, -0.25) is 9.58 Å². The molecule has 0 saturated carbocycles. The standard InChI is InChI=1S/C17H24N4/c1-2-21-17-6-4-3-5-15(17)16(19-21)11-20-13-7-8-14(20)10-12(18)9-13/h3-6,12-14H,2,7-11,18H2,1H3. The molecule has 0 spiro atoms. The van der Waals surface area contributed by atoms with E-state index in [1.54, 1.807) is 0 Å². The third-order valence-electron chi connectivity index (χ3n) is 5.29. The number of aromatic nitrogens is 2. The number of rotatable bonds is 3. The van der Waals surface area contributed by atoms with E-state index in [1.165, 1.54) is 29.4 Å². The normalized spacial score (nSPS) is 29.3. The summed E-state index contributed by atoms with van der Waals surface area (Å²) in [4.78, 5) is 2.66. The van der Waals surface area contributed by atoms with Crippen LogP contribution in [0.4, 0.5) is 0 Å². The lowest BCUT2D eigenvalue weighted by Crippen LogP contribution is -2.46. The summed E-state index contributed by atoms with van der Waals surface area (Å²) in [6.45, 7) is 4.07. The van der Waals surface area contributed by atoms with E-state index in [9.17, 15) is 0 Å². The molecule has 2 N–H and O–H groups in total. The van der Waals surface area contributed by atoms with Crippen molar-refractivity contribution in [3.63, 3.8) is 0 Å². The summed E-state index contributed by atoms with van der Waals surface area (Å²) in [6, 6.07) is 10.4. The van der Waals surface area contributed by atoms with Crippen LogP contribution in [0.2, 0.25) is 0 Å². The van der Waals surface area contributed by atoms with Crippen molar-refractivity contribution in [3.8, 4) is 0 Å². The van der Waals surface area contributed by atoms with E-state index in [4.69, 9.17) is 10.8 Å². The molecule has 4 nitrogen and oxygen atoms in total. The average molecular weight is 284 g/mol. The Balaban J connectivity index is 1.66. The van der Waals surface area contributed by atoms with Crippen LogP contribution in [-0.2, 0) is 13.1 Å². The summed E-state index contributed by atoms with van der Waals surface area (Å²) in [5, 5.41) is 6.17. The number of nitrogens with zero attached hydrogens (tertiary/aromatic N) is 3. The summed E-state index contributed by atoms with van der Waals surface area (Å²) in [6.07, 6.45) is 4.93. The van der Waals surface area contributed by atoms with Gasteiger partial charge in [0.15, 0.2) is 0 Å². The molecule has 21 heavy (non-hydrogen) atoms. The predicted molar refractivity (Wildman–Crippen MR) is 85.0 cm³/mol. The van der Waals surface area contributed by atoms with E-state index in [0.717, 1.165) is 25.9 Å². The van der Waals surface area contributed by atoms with Crippen LogP contribution in [0.5, 0.6) is 0 Å². The Morgan fingerprint density at radius 1 is 1.19 bits per heavy atom. The quantitative estimate of drug-likeness (QED) is 0.942. The molecule has 4 heteroatoms. The third-order valence-corrected chi connectivity index (χ3v) is 5.29. The Labute approximate surface area is 125 Å². The van der Waals surface area contributed by atoms with Crippen LogP contribution < -0.4 is 5.73 Å². The molecule has 4 rings (SSSR count). The van der Waals surface area contributed by atoms with Gasteiger partial charge in [-0.2, -0.15) is 5.10 Å². The first-order chi connectivity index (χ1) is 10.3. The van der Waals surface area contributed by atoms with Gasteiger partial charge in [-0.1, -0.05) is 18.2 Å². The molecule has 2 aromatic rings. The molecular weight excluding hydrogens is 260 g/mol. The van der Waals surface area contributed by atoms with Gasteiger partial charge >= 0.3 is 0 Å². The largest absolute Gasteiger partial charge is 0.328 e. The average Bonchev–Trinajstić information content (AvgIpc) is 2.96. The summed E-state index contributed by atoms with van der Waals surface area (Å²) in [7, 11) is 0. The van der Waals surface area contributed by atoms with E-state index in [1.807, 2.05) is 0 Å². The van der Waals surface area contributed by atoms with Crippen molar-refractivity contribution in [1.29, 1.82) is 0 Å². The Kier molecular flexibility index (Phi) is 3.23. The molecule has 2 atom stereocenters. The van der Waals surface area contributed by atoms with Gasteiger partial charge in [-0.25, -0.2) is 0 Å². The van der Waals surface area contributed by atoms with E-state index < -0.39 is 0 Å². The van der Waals surface area contributed by atoms with Gasteiger partial charge in [0, 0.05) is 36.6 Å². The molecule has 2 aliphatic rings. The summed E-state index contributed by atoms with van der Waals surface area (Å²) in [5.41, 5.74) is 8.68. The topological polar surface area (TPSA) is 47.1 Å². The van der Waals surface area contributed by atoms with Crippen molar-refractivity contribution in [2.45, 2.75) is 63.8 Å².